The maximum Gasteiger partial charge on any atom is 0.131 e. The van der Waals surface area contributed by atoms with Crippen molar-refractivity contribution in [3.8, 4) is 11.3 Å². The molecule has 28 heavy (non-hydrogen) atoms. The van der Waals surface area contributed by atoms with Gasteiger partial charge in [0, 0.05) is 28.8 Å². The number of hydrogen-bond acceptors (Lipinski definition) is 5. The fourth-order valence-corrected chi connectivity index (χ4v) is 3.83. The van der Waals surface area contributed by atoms with E-state index >= 15 is 0 Å². The van der Waals surface area contributed by atoms with E-state index in [1.807, 2.05) is 18.2 Å². The van der Waals surface area contributed by atoms with E-state index in [-0.39, 0.29) is 0 Å². The molecule has 5 aromatic rings. The van der Waals surface area contributed by atoms with Gasteiger partial charge in [-0.1, -0.05) is 48.5 Å². The lowest BCUT2D eigenvalue weighted by atomic mass is 10.1. The summed E-state index contributed by atoms with van der Waals surface area (Å²) in [7, 11) is 0. The summed E-state index contributed by atoms with van der Waals surface area (Å²) < 4.78 is 8.72. The van der Waals surface area contributed by atoms with Crippen molar-refractivity contribution in [2.45, 2.75) is 0 Å². The van der Waals surface area contributed by atoms with Crippen molar-refractivity contribution >= 4 is 39.8 Å². The van der Waals surface area contributed by atoms with Crippen molar-refractivity contribution in [1.82, 2.24) is 13.7 Å². The van der Waals surface area contributed by atoms with Crippen molar-refractivity contribution in [2.24, 2.45) is 0 Å². The molecule has 2 aromatic heterocycles. The molecular formula is C23H16N4S. The summed E-state index contributed by atoms with van der Waals surface area (Å²) in [6, 6.07) is 31.1. The number of hydrogen-bond donors (Lipinski definition) is 0. The van der Waals surface area contributed by atoms with Gasteiger partial charge in [0.05, 0.1) is 17.4 Å². The predicted octanol–water partition coefficient (Wildman–Crippen LogP) is 6.22. The first-order valence-electron chi connectivity index (χ1n) is 8.98. The molecule has 0 unspecified atom stereocenters. The lowest BCUT2D eigenvalue weighted by molar-refractivity contribution is 1.28. The zero-order valence-electron chi connectivity index (χ0n) is 14.9. The Morgan fingerprint density at radius 3 is 1.86 bits per heavy atom. The van der Waals surface area contributed by atoms with Crippen LogP contribution in [0.3, 0.4) is 0 Å². The van der Waals surface area contributed by atoms with Crippen LogP contribution in [0.15, 0.2) is 97.2 Å². The van der Waals surface area contributed by atoms with Crippen LogP contribution in [0.5, 0.6) is 0 Å². The minimum Gasteiger partial charge on any atom is -0.311 e. The molecule has 3 aromatic carbocycles. The summed E-state index contributed by atoms with van der Waals surface area (Å²) in [6.45, 7) is 0. The minimum atomic E-state index is 0.850. The van der Waals surface area contributed by atoms with Gasteiger partial charge in [0.1, 0.15) is 11.0 Å². The van der Waals surface area contributed by atoms with Gasteiger partial charge in [-0.25, -0.2) is 0 Å². The molecule has 0 fully saturated rings. The number of benzene rings is 3. The van der Waals surface area contributed by atoms with Gasteiger partial charge < -0.3 is 4.90 Å². The van der Waals surface area contributed by atoms with Gasteiger partial charge in [0.2, 0.25) is 0 Å². The Bertz CT molecular complexity index is 1160. The molecule has 5 heteroatoms. The molecule has 0 aliphatic rings. The second-order valence-electron chi connectivity index (χ2n) is 6.34. The number of pyridine rings is 1. The Morgan fingerprint density at radius 2 is 1.21 bits per heavy atom. The Labute approximate surface area is 167 Å². The molecule has 0 saturated carbocycles. The number of para-hydroxylation sites is 2. The molecule has 0 atom stereocenters. The average molecular weight is 380 g/mol. The Balaban J connectivity index is 1.59. The third-order valence-electron chi connectivity index (χ3n) is 4.60. The van der Waals surface area contributed by atoms with Crippen LogP contribution in [-0.4, -0.2) is 13.7 Å². The molecule has 2 heterocycles. The number of fused-ring (bicyclic) bond motifs is 1. The van der Waals surface area contributed by atoms with Crippen molar-refractivity contribution in [1.29, 1.82) is 0 Å². The molecular weight excluding hydrogens is 364 g/mol. The highest BCUT2D eigenvalue weighted by Gasteiger charge is 2.13. The first-order chi connectivity index (χ1) is 13.9. The second kappa shape index (κ2) is 7.21. The average Bonchev–Trinajstić information content (AvgIpc) is 3.25. The molecule has 4 nitrogen and oxygen atoms in total. The first-order valence-corrected chi connectivity index (χ1v) is 9.71. The maximum absolute atomic E-state index is 4.53. The van der Waals surface area contributed by atoms with E-state index in [2.05, 4.69) is 91.4 Å². The molecule has 0 radical (unpaired) electrons. The summed E-state index contributed by atoms with van der Waals surface area (Å²) in [4.78, 5) is 6.77. The molecule has 0 aliphatic heterocycles. The summed E-state index contributed by atoms with van der Waals surface area (Å²) in [5.41, 5.74) is 6.95. The monoisotopic (exact) mass is 380 g/mol. The van der Waals surface area contributed by atoms with Gasteiger partial charge >= 0.3 is 0 Å². The summed E-state index contributed by atoms with van der Waals surface area (Å²) in [5, 5.41) is 0. The lowest BCUT2D eigenvalue weighted by Gasteiger charge is -2.25. The highest BCUT2D eigenvalue weighted by molar-refractivity contribution is 7.00. The second-order valence-corrected chi connectivity index (χ2v) is 6.87. The van der Waals surface area contributed by atoms with E-state index in [0.717, 1.165) is 39.4 Å². The van der Waals surface area contributed by atoms with E-state index in [1.54, 1.807) is 6.20 Å². The van der Waals surface area contributed by atoms with Crippen molar-refractivity contribution in [3.63, 3.8) is 0 Å². The fourth-order valence-electron chi connectivity index (χ4n) is 3.29. The zero-order chi connectivity index (χ0) is 18.8. The van der Waals surface area contributed by atoms with Crippen molar-refractivity contribution < 1.29 is 0 Å². The van der Waals surface area contributed by atoms with Crippen LogP contribution in [-0.2, 0) is 0 Å². The molecule has 0 saturated heterocycles. The van der Waals surface area contributed by atoms with E-state index in [9.17, 15) is 0 Å². The molecule has 0 bridgehead atoms. The number of rotatable bonds is 4. The van der Waals surface area contributed by atoms with E-state index in [0.29, 0.717) is 0 Å². The van der Waals surface area contributed by atoms with E-state index in [1.165, 1.54) is 11.7 Å². The molecule has 0 aliphatic carbocycles. The number of nitrogens with zero attached hydrogens (tertiary/aromatic N) is 4. The van der Waals surface area contributed by atoms with Gasteiger partial charge in [-0.15, -0.1) is 0 Å². The maximum atomic E-state index is 4.53. The van der Waals surface area contributed by atoms with Crippen LogP contribution in [0.4, 0.5) is 17.1 Å². The van der Waals surface area contributed by atoms with E-state index in [4.69, 9.17) is 0 Å². The largest absolute Gasteiger partial charge is 0.311 e. The normalized spacial score (nSPS) is 10.9. The molecule has 0 amide bonds. The third kappa shape index (κ3) is 3.02. The number of aromatic nitrogens is 3. The van der Waals surface area contributed by atoms with Crippen molar-refractivity contribution in [3.05, 3.63) is 97.2 Å². The zero-order valence-corrected chi connectivity index (χ0v) is 15.8. The van der Waals surface area contributed by atoms with Gasteiger partial charge in [0.15, 0.2) is 0 Å². The smallest absolute Gasteiger partial charge is 0.131 e. The van der Waals surface area contributed by atoms with Crippen LogP contribution in [0.1, 0.15) is 0 Å². The van der Waals surface area contributed by atoms with Gasteiger partial charge in [-0.3, -0.25) is 4.98 Å². The molecule has 134 valence electrons. The molecule has 0 spiro atoms. The quantitative estimate of drug-likeness (QED) is 0.371. The predicted molar refractivity (Wildman–Crippen MR) is 115 cm³/mol. The number of anilines is 3. The highest BCUT2D eigenvalue weighted by Crippen LogP contribution is 2.35. The lowest BCUT2D eigenvalue weighted by Crippen LogP contribution is -2.09. The minimum absolute atomic E-state index is 0.850. The van der Waals surface area contributed by atoms with Crippen LogP contribution in [0.2, 0.25) is 0 Å². The third-order valence-corrected chi connectivity index (χ3v) is 5.14. The SMILES string of the molecule is c1ccc(N(c2ccccc2)c2ccc(-c3nccc4nsnc34)cc2)cc1. The highest BCUT2D eigenvalue weighted by atomic mass is 32.1. The molecule has 0 N–H and O–H groups in total. The van der Waals surface area contributed by atoms with Crippen LogP contribution in [0.25, 0.3) is 22.3 Å². The first kappa shape index (κ1) is 16.6. The standard InChI is InChI=1S/C23H16N4S/c1-3-7-18(8-4-1)27(19-9-5-2-6-10-19)20-13-11-17(12-14-20)22-23-21(15-16-24-22)25-28-26-23/h1-16H. The van der Waals surface area contributed by atoms with Crippen molar-refractivity contribution in [2.75, 3.05) is 4.90 Å². The van der Waals surface area contributed by atoms with E-state index < -0.39 is 0 Å². The summed E-state index contributed by atoms with van der Waals surface area (Å²) in [6.07, 6.45) is 1.78. The topological polar surface area (TPSA) is 41.9 Å². The van der Waals surface area contributed by atoms with Crippen LogP contribution < -0.4 is 4.90 Å². The Hall–Kier alpha value is -3.57. The van der Waals surface area contributed by atoms with Crippen LogP contribution >= 0.6 is 11.7 Å². The fraction of sp³-hybridized carbons (Fsp3) is 0. The van der Waals surface area contributed by atoms with Crippen LogP contribution in [0, 0.1) is 0 Å². The summed E-state index contributed by atoms with van der Waals surface area (Å²) in [5.74, 6) is 0. The summed E-state index contributed by atoms with van der Waals surface area (Å²) >= 11 is 1.22. The van der Waals surface area contributed by atoms with Gasteiger partial charge in [-0.05, 0) is 42.5 Å². The molecule has 5 rings (SSSR count). The van der Waals surface area contributed by atoms with Gasteiger partial charge in [0.25, 0.3) is 0 Å². The Morgan fingerprint density at radius 1 is 0.607 bits per heavy atom. The Kier molecular flexibility index (Phi) is 4.27. The van der Waals surface area contributed by atoms with Gasteiger partial charge in [-0.2, -0.15) is 8.75 Å².